The number of piperidine rings is 2. The highest BCUT2D eigenvalue weighted by atomic mass is 16.7. The topological polar surface area (TPSA) is 224 Å². The van der Waals surface area contributed by atoms with Crippen molar-refractivity contribution in [2.75, 3.05) is 45.2 Å². The maximum absolute atomic E-state index is 15.0. The lowest BCUT2D eigenvalue weighted by Gasteiger charge is -2.40. The molecule has 1 saturated carbocycles. The maximum atomic E-state index is 15.0. The number of ether oxygens (including phenoxy) is 4. The lowest BCUT2D eigenvalue weighted by Crippen LogP contribution is -2.51. The minimum Gasteiger partial charge on any atom is -0.507 e. The molecule has 6 heterocycles. The Balaban J connectivity index is 1.17. The summed E-state index contributed by atoms with van der Waals surface area (Å²) >= 11 is 0. The summed E-state index contributed by atoms with van der Waals surface area (Å²) in [7, 11) is 1.51. The second kappa shape index (κ2) is 22.0. The minimum atomic E-state index is -1.97. The van der Waals surface area contributed by atoms with Gasteiger partial charge in [-0.2, -0.15) is 0 Å². The van der Waals surface area contributed by atoms with Gasteiger partial charge in [0, 0.05) is 112 Å². The molecule has 17 nitrogen and oxygen atoms in total. The van der Waals surface area contributed by atoms with Gasteiger partial charge in [-0.25, -0.2) is 9.79 Å². The number of rotatable bonds is 6. The van der Waals surface area contributed by atoms with Crippen LogP contribution in [0.3, 0.4) is 0 Å². The third kappa shape index (κ3) is 10.9. The van der Waals surface area contributed by atoms with Gasteiger partial charge in [-0.3, -0.25) is 14.6 Å². The van der Waals surface area contributed by atoms with Crippen LogP contribution in [0.15, 0.2) is 46.1 Å². The Hall–Kier alpha value is -5.07. The third-order valence-electron chi connectivity index (χ3n) is 16.7. The number of aliphatic hydroxyl groups excluding tert-OH is 2. The molecule has 6 N–H and O–H groups in total. The van der Waals surface area contributed by atoms with Crippen LogP contribution in [0.2, 0.25) is 0 Å². The van der Waals surface area contributed by atoms with Crippen LogP contribution >= 0.6 is 0 Å². The Morgan fingerprint density at radius 2 is 1.56 bits per heavy atom. The van der Waals surface area contributed by atoms with E-state index in [4.69, 9.17) is 23.9 Å². The lowest BCUT2D eigenvalue weighted by atomic mass is 9.78. The molecule has 0 radical (unpaired) electrons. The molecule has 1 spiro atoms. The summed E-state index contributed by atoms with van der Waals surface area (Å²) < 4.78 is 25.1. The van der Waals surface area contributed by atoms with Gasteiger partial charge in [0.15, 0.2) is 5.75 Å². The van der Waals surface area contributed by atoms with Gasteiger partial charge in [0.1, 0.15) is 34.0 Å². The Morgan fingerprint density at radius 1 is 0.890 bits per heavy atom. The summed E-state index contributed by atoms with van der Waals surface area (Å²) in [6, 6.07) is 0.827. The normalized spacial score (nSPS) is 32.3. The number of ketones is 1. The second-order valence-electron chi connectivity index (χ2n) is 22.5. The molecule has 1 aliphatic carbocycles. The van der Waals surface area contributed by atoms with Gasteiger partial charge in [0.25, 0.3) is 11.7 Å². The standard InChI is InChI=1S/C56H80N6O11/c1-30(2)29-61-26-22-56(23-27-61)59-43-40-41-48(65)36(8)51-42(40)52(67)55(9,73-51)71-28-21-39(70-10)33(5)50(72-54(69)62-24-19-38(20-25-62)57-37-17-12-11-13-18-37)35(7)47(64)34(6)46(63)31(3)15-14-16-32(4)53(68)58-45(49(41)66)44(43)60-56/h14-16,21,28,30-31,33-35,37-39,46-47,50,57,59,63-66H,11-13,17-20,22-27,29H2,1-10H3/b15-14+,28-21+,32-16-,58-45?/t31-,33+,34+,35+,39-,46-,47+,50+,55-/m0/s1. The zero-order valence-electron chi connectivity index (χ0n) is 44.6. The number of nitrogens with zero attached hydrogens (tertiary/aromatic N) is 4. The van der Waals surface area contributed by atoms with Crippen molar-refractivity contribution in [3.8, 4) is 17.2 Å². The number of carbonyl (C=O) groups excluding carboxylic acids is 3. The van der Waals surface area contributed by atoms with Gasteiger partial charge >= 0.3 is 11.9 Å². The smallest absolute Gasteiger partial charge is 0.410 e. The molecule has 17 heteroatoms. The molecule has 2 aromatic carbocycles. The fraction of sp³-hybridized carbons (Fsp3) is 0.661. The molecule has 0 unspecified atom stereocenters. The van der Waals surface area contributed by atoms with Crippen molar-refractivity contribution >= 4 is 34.2 Å². The van der Waals surface area contributed by atoms with E-state index in [0.29, 0.717) is 49.6 Å². The van der Waals surface area contributed by atoms with Crippen LogP contribution in [0.25, 0.3) is 10.8 Å². The highest BCUT2D eigenvalue weighted by molar-refractivity contribution is 6.21. The number of Topliss-reactive ketones (excluding diaryl/α,β-unsaturated/α-hetero) is 1. The number of aliphatic hydroxyl groups is 2. The second-order valence-corrected chi connectivity index (χ2v) is 22.5. The van der Waals surface area contributed by atoms with Crippen molar-refractivity contribution in [1.29, 1.82) is 0 Å². The van der Waals surface area contributed by atoms with Crippen molar-refractivity contribution in [3.05, 3.63) is 58.0 Å². The molecule has 400 valence electrons. The van der Waals surface area contributed by atoms with Crippen LogP contribution in [-0.4, -0.2) is 136 Å². The molecule has 2 saturated heterocycles. The van der Waals surface area contributed by atoms with Crippen LogP contribution in [0.4, 0.5) is 10.5 Å². The van der Waals surface area contributed by atoms with Crippen molar-refractivity contribution < 1.29 is 53.8 Å². The van der Waals surface area contributed by atoms with Crippen LogP contribution in [-0.2, 0) is 19.0 Å². The summed E-state index contributed by atoms with van der Waals surface area (Å²) in [5, 5.41) is 55.5. The molecule has 0 aromatic heterocycles. The van der Waals surface area contributed by atoms with E-state index in [1.165, 1.54) is 52.4 Å². The van der Waals surface area contributed by atoms with Gasteiger partial charge in [-0.1, -0.05) is 79.0 Å². The molecule has 9 rings (SSSR count). The molecule has 9 atom stereocenters. The van der Waals surface area contributed by atoms with E-state index >= 15 is 0 Å². The first-order valence-electron chi connectivity index (χ1n) is 26.8. The monoisotopic (exact) mass is 1010 g/mol. The number of anilines is 1. The number of phenols is 2. The van der Waals surface area contributed by atoms with E-state index in [-0.39, 0.29) is 49.7 Å². The number of nitrogens with one attached hydrogen (secondary N) is 2. The van der Waals surface area contributed by atoms with Gasteiger partial charge in [-0.05, 0) is 51.5 Å². The Kier molecular flexibility index (Phi) is 16.4. The zero-order valence-corrected chi connectivity index (χ0v) is 44.6. The van der Waals surface area contributed by atoms with E-state index < -0.39 is 83.1 Å². The molecule has 73 heavy (non-hydrogen) atoms. The SMILES string of the molecule is CO[C@H]1/C=C/O[C@@]2(C)Oc3c(C)c(O)c4c(O)c(c5c(c4c3C2=O)NC2(CCN(CC(C)C)CC2)N=5)=NC(=O)/C(C)=C\C=C\[C@H](C)[C@H](O)[C@@H](C)[C@@H](O)[C@@H](C)[C@H](OC(=O)N2CCC(NC3CCCCC3)CC2)[C@@H]1C. The van der Waals surface area contributed by atoms with Crippen molar-refractivity contribution in [3.63, 3.8) is 0 Å². The highest BCUT2D eigenvalue weighted by Gasteiger charge is 2.51. The molecule has 2 amide bonds. The Bertz CT molecular complexity index is 2630. The van der Waals surface area contributed by atoms with Crippen molar-refractivity contribution in [1.82, 2.24) is 15.1 Å². The number of fused-ring (bicyclic) bond motifs is 13. The fourth-order valence-corrected chi connectivity index (χ4v) is 12.1. The Labute approximate surface area is 429 Å². The van der Waals surface area contributed by atoms with Crippen LogP contribution in [0.5, 0.6) is 17.2 Å². The first-order chi connectivity index (χ1) is 34.7. The predicted octanol–water partition coefficient (Wildman–Crippen LogP) is 6.71. The highest BCUT2D eigenvalue weighted by Crippen LogP contribution is 2.51. The van der Waals surface area contributed by atoms with Gasteiger partial charge in [-0.15, -0.1) is 0 Å². The number of carbonyl (C=O) groups is 3. The maximum Gasteiger partial charge on any atom is 0.410 e. The first kappa shape index (κ1) is 54.2. The number of allylic oxidation sites excluding steroid dienone is 2. The number of hydrogen-bond donors (Lipinski definition) is 6. The largest absolute Gasteiger partial charge is 0.507 e. The van der Waals surface area contributed by atoms with E-state index in [1.807, 2.05) is 13.8 Å². The van der Waals surface area contributed by atoms with Crippen molar-refractivity contribution in [2.45, 2.75) is 168 Å². The molecular weight excluding hydrogens is 933 g/mol. The number of likely N-dealkylation sites (tertiary alicyclic amines) is 2. The number of benzene rings is 2. The zero-order chi connectivity index (χ0) is 52.7. The summed E-state index contributed by atoms with van der Waals surface area (Å²) in [5.41, 5.74) is -0.101. The number of amides is 2. The summed E-state index contributed by atoms with van der Waals surface area (Å²) in [6.45, 7) is 19.6. The quantitative estimate of drug-likeness (QED) is 0.166. The van der Waals surface area contributed by atoms with E-state index in [1.54, 1.807) is 56.9 Å². The van der Waals surface area contributed by atoms with Crippen LogP contribution in [0, 0.1) is 36.5 Å². The van der Waals surface area contributed by atoms with Crippen LogP contribution in [0.1, 0.15) is 129 Å². The van der Waals surface area contributed by atoms with E-state index in [9.17, 15) is 34.8 Å². The summed E-state index contributed by atoms with van der Waals surface area (Å²) in [6.07, 6.45) is 12.3. The Morgan fingerprint density at radius 3 is 2.22 bits per heavy atom. The fourth-order valence-electron chi connectivity index (χ4n) is 12.1. The number of phenolic OH excluding ortho intramolecular Hbond substituents is 2. The average Bonchev–Trinajstić information content (AvgIpc) is 3.87. The minimum absolute atomic E-state index is 0.0592. The first-order valence-corrected chi connectivity index (χ1v) is 26.8. The molecule has 6 aliphatic heterocycles. The third-order valence-corrected chi connectivity index (χ3v) is 16.7. The van der Waals surface area contributed by atoms with Crippen molar-refractivity contribution in [2.24, 2.45) is 39.6 Å². The predicted molar refractivity (Wildman–Crippen MR) is 277 cm³/mol. The number of methoxy groups -OCH3 is 1. The lowest BCUT2D eigenvalue weighted by molar-refractivity contribution is -0.114. The van der Waals surface area contributed by atoms with Gasteiger partial charge in [0.05, 0.1) is 41.2 Å². The van der Waals surface area contributed by atoms with Crippen LogP contribution < -0.4 is 26.1 Å². The molecule has 3 fully saturated rings. The van der Waals surface area contributed by atoms with E-state index in [2.05, 4.69) is 34.4 Å². The molecule has 2 aromatic rings. The van der Waals surface area contributed by atoms with E-state index in [0.717, 1.165) is 32.5 Å². The number of hydrogen-bond acceptors (Lipinski definition) is 15. The molecular formula is C56H80N6O11. The molecule has 7 aliphatic rings. The average molecular weight is 1010 g/mol. The van der Waals surface area contributed by atoms with Gasteiger partial charge in [0.2, 0.25) is 0 Å². The number of aromatic hydroxyl groups is 2. The molecule has 5 bridgehead atoms. The summed E-state index contributed by atoms with van der Waals surface area (Å²) in [4.78, 5) is 56.9. The summed E-state index contributed by atoms with van der Waals surface area (Å²) in [5.74, 6) is -6.11. The van der Waals surface area contributed by atoms with Gasteiger partial charge < -0.3 is 59.8 Å².